The number of anilines is 1. The molecule has 0 bridgehead atoms. The second-order valence-electron chi connectivity index (χ2n) is 8.49. The maximum atomic E-state index is 12.8. The largest absolute Gasteiger partial charge is 0.455 e. The summed E-state index contributed by atoms with van der Waals surface area (Å²) in [6, 6.07) is 2.02. The molecule has 0 radical (unpaired) electrons. The fourth-order valence-electron chi connectivity index (χ4n) is 3.80. The molecule has 0 aromatic carbocycles. The number of fused-ring (bicyclic) bond motifs is 1. The average molecular weight is 367 g/mol. The van der Waals surface area contributed by atoms with Gasteiger partial charge in [0.2, 0.25) is 5.95 Å². The Hall–Kier alpha value is -2.50. The lowest BCUT2D eigenvalue weighted by Gasteiger charge is -2.27. The summed E-state index contributed by atoms with van der Waals surface area (Å²) >= 11 is 0. The SMILES string of the molecule is CCc1cc(C2CC2)nc(NC(=O)c2oc3c(c2C)C(=O)CC(C)(C)C3)n1. The van der Waals surface area contributed by atoms with Crippen molar-refractivity contribution in [1.82, 2.24) is 9.97 Å². The Morgan fingerprint density at radius 3 is 2.70 bits per heavy atom. The fourth-order valence-corrected chi connectivity index (χ4v) is 3.80. The number of aromatic nitrogens is 2. The van der Waals surface area contributed by atoms with Crippen molar-refractivity contribution < 1.29 is 14.0 Å². The zero-order chi connectivity index (χ0) is 19.3. The number of ketones is 1. The van der Waals surface area contributed by atoms with Crippen molar-refractivity contribution in [2.45, 2.75) is 65.7 Å². The minimum Gasteiger partial charge on any atom is -0.455 e. The van der Waals surface area contributed by atoms with Crippen molar-refractivity contribution in [3.05, 3.63) is 40.1 Å². The van der Waals surface area contributed by atoms with E-state index in [2.05, 4.69) is 15.3 Å². The van der Waals surface area contributed by atoms with Crippen LogP contribution in [-0.2, 0) is 12.8 Å². The van der Waals surface area contributed by atoms with E-state index < -0.39 is 5.91 Å². The number of Topliss-reactive ketones (excluding diaryl/α,β-unsaturated/α-hetero) is 1. The first kappa shape index (κ1) is 17.9. The molecule has 2 aliphatic carbocycles. The molecule has 2 aromatic rings. The number of nitrogens with one attached hydrogen (secondary N) is 1. The molecule has 6 heteroatoms. The zero-order valence-corrected chi connectivity index (χ0v) is 16.3. The topological polar surface area (TPSA) is 85.1 Å². The third-order valence-electron chi connectivity index (χ3n) is 5.37. The van der Waals surface area contributed by atoms with Gasteiger partial charge in [-0.1, -0.05) is 20.8 Å². The van der Waals surface area contributed by atoms with Gasteiger partial charge in [-0.25, -0.2) is 9.97 Å². The predicted octanol–water partition coefficient (Wildman–Crippen LogP) is 4.23. The summed E-state index contributed by atoms with van der Waals surface area (Å²) in [5.74, 6) is 1.22. The van der Waals surface area contributed by atoms with Crippen molar-refractivity contribution in [3.63, 3.8) is 0 Å². The highest BCUT2D eigenvalue weighted by molar-refractivity contribution is 6.07. The van der Waals surface area contributed by atoms with Crippen LogP contribution < -0.4 is 5.32 Å². The third-order valence-corrected chi connectivity index (χ3v) is 5.37. The van der Waals surface area contributed by atoms with Crippen LogP contribution in [0.3, 0.4) is 0 Å². The molecule has 1 saturated carbocycles. The van der Waals surface area contributed by atoms with Crippen molar-refractivity contribution in [3.8, 4) is 0 Å². The molecule has 1 fully saturated rings. The number of aryl methyl sites for hydroxylation is 1. The van der Waals surface area contributed by atoms with Gasteiger partial charge in [-0.3, -0.25) is 14.9 Å². The average Bonchev–Trinajstić information content (AvgIpc) is 3.37. The van der Waals surface area contributed by atoms with Crippen molar-refractivity contribution >= 4 is 17.6 Å². The Morgan fingerprint density at radius 1 is 1.30 bits per heavy atom. The van der Waals surface area contributed by atoms with E-state index in [0.29, 0.717) is 41.6 Å². The number of amides is 1. The highest BCUT2D eigenvalue weighted by atomic mass is 16.4. The molecule has 27 heavy (non-hydrogen) atoms. The lowest BCUT2D eigenvalue weighted by atomic mass is 9.76. The Morgan fingerprint density at radius 2 is 2.04 bits per heavy atom. The van der Waals surface area contributed by atoms with Crippen molar-refractivity contribution in [2.24, 2.45) is 5.41 Å². The van der Waals surface area contributed by atoms with Gasteiger partial charge in [-0.05, 0) is 37.7 Å². The number of hydrogen-bond donors (Lipinski definition) is 1. The second kappa shape index (κ2) is 6.29. The fraction of sp³-hybridized carbons (Fsp3) is 0.524. The maximum absolute atomic E-state index is 12.8. The van der Waals surface area contributed by atoms with E-state index in [1.165, 1.54) is 0 Å². The summed E-state index contributed by atoms with van der Waals surface area (Å²) in [5.41, 5.74) is 2.93. The Kier molecular flexibility index (Phi) is 4.17. The molecule has 142 valence electrons. The number of nitrogens with zero attached hydrogens (tertiary/aromatic N) is 2. The molecule has 0 atom stereocenters. The smallest absolute Gasteiger partial charge is 0.294 e. The standard InChI is InChI=1S/C21H25N3O3/c1-5-13-8-14(12-6-7-12)23-20(22-13)24-19(26)18-11(2)17-15(25)9-21(3,4)10-16(17)27-18/h8,12H,5-7,9-10H2,1-4H3,(H,22,23,24,26). The van der Waals surface area contributed by atoms with Crippen LogP contribution in [0.1, 0.15) is 89.6 Å². The van der Waals surface area contributed by atoms with Crippen LogP contribution in [0.15, 0.2) is 10.5 Å². The molecule has 0 unspecified atom stereocenters. The van der Waals surface area contributed by atoms with E-state index in [4.69, 9.17) is 4.42 Å². The first-order chi connectivity index (χ1) is 12.8. The van der Waals surface area contributed by atoms with Gasteiger partial charge in [0.15, 0.2) is 11.5 Å². The van der Waals surface area contributed by atoms with Gasteiger partial charge in [-0.2, -0.15) is 0 Å². The molecule has 2 aromatic heterocycles. The molecule has 6 nitrogen and oxygen atoms in total. The monoisotopic (exact) mass is 367 g/mol. The van der Waals surface area contributed by atoms with Crippen molar-refractivity contribution in [2.75, 3.05) is 5.32 Å². The summed E-state index contributed by atoms with van der Waals surface area (Å²) in [4.78, 5) is 34.3. The minimum atomic E-state index is -0.400. The number of rotatable bonds is 4. The maximum Gasteiger partial charge on any atom is 0.294 e. The van der Waals surface area contributed by atoms with Crippen LogP contribution in [-0.4, -0.2) is 21.7 Å². The van der Waals surface area contributed by atoms with E-state index in [-0.39, 0.29) is 17.0 Å². The lowest BCUT2D eigenvalue weighted by molar-refractivity contribution is 0.0898. The summed E-state index contributed by atoms with van der Waals surface area (Å²) in [7, 11) is 0. The molecule has 0 spiro atoms. The van der Waals surface area contributed by atoms with Gasteiger partial charge < -0.3 is 4.42 Å². The van der Waals surface area contributed by atoms with E-state index in [1.54, 1.807) is 6.92 Å². The number of hydrogen-bond acceptors (Lipinski definition) is 5. The second-order valence-corrected chi connectivity index (χ2v) is 8.49. The minimum absolute atomic E-state index is 0.0433. The molecule has 2 heterocycles. The van der Waals surface area contributed by atoms with Crippen LogP contribution in [0, 0.1) is 12.3 Å². The van der Waals surface area contributed by atoms with Gasteiger partial charge >= 0.3 is 0 Å². The van der Waals surface area contributed by atoms with Crippen LogP contribution in [0.25, 0.3) is 0 Å². The highest BCUT2D eigenvalue weighted by Crippen LogP contribution is 2.40. The summed E-state index contributed by atoms with van der Waals surface area (Å²) in [5, 5.41) is 2.78. The normalized spacial score (nSPS) is 18.3. The Labute approximate surface area is 158 Å². The van der Waals surface area contributed by atoms with Gasteiger partial charge in [0.1, 0.15) is 5.76 Å². The summed E-state index contributed by atoms with van der Waals surface area (Å²) in [6.45, 7) is 7.87. The van der Waals surface area contributed by atoms with E-state index in [1.807, 2.05) is 26.8 Å². The van der Waals surface area contributed by atoms with Crippen LogP contribution in [0.4, 0.5) is 5.95 Å². The van der Waals surface area contributed by atoms with Crippen LogP contribution >= 0.6 is 0 Å². The van der Waals surface area contributed by atoms with Crippen LogP contribution in [0.2, 0.25) is 0 Å². The molecule has 1 amide bonds. The van der Waals surface area contributed by atoms with E-state index in [9.17, 15) is 9.59 Å². The lowest BCUT2D eigenvalue weighted by Crippen LogP contribution is -2.26. The number of carbonyl (C=O) groups excluding carboxylic acids is 2. The zero-order valence-electron chi connectivity index (χ0n) is 16.3. The highest BCUT2D eigenvalue weighted by Gasteiger charge is 2.37. The predicted molar refractivity (Wildman–Crippen MR) is 101 cm³/mol. The Balaban J connectivity index is 1.63. The summed E-state index contributed by atoms with van der Waals surface area (Å²) in [6.07, 6.45) is 4.16. The van der Waals surface area contributed by atoms with E-state index >= 15 is 0 Å². The molecule has 1 N–H and O–H groups in total. The number of carbonyl (C=O) groups is 2. The molecule has 4 rings (SSSR count). The molecule has 0 aliphatic heterocycles. The van der Waals surface area contributed by atoms with Crippen molar-refractivity contribution in [1.29, 1.82) is 0 Å². The molecular weight excluding hydrogens is 342 g/mol. The van der Waals surface area contributed by atoms with Gasteiger partial charge in [0, 0.05) is 35.7 Å². The quantitative estimate of drug-likeness (QED) is 0.874. The van der Waals surface area contributed by atoms with E-state index in [0.717, 1.165) is 30.7 Å². The molecule has 0 saturated heterocycles. The Bertz CT molecular complexity index is 938. The number of furan rings is 1. The molecular formula is C21H25N3O3. The van der Waals surface area contributed by atoms with Gasteiger partial charge in [-0.15, -0.1) is 0 Å². The first-order valence-corrected chi connectivity index (χ1v) is 9.62. The third kappa shape index (κ3) is 3.40. The van der Waals surface area contributed by atoms with Gasteiger partial charge in [0.25, 0.3) is 5.91 Å². The first-order valence-electron chi connectivity index (χ1n) is 9.62. The molecule has 2 aliphatic rings. The van der Waals surface area contributed by atoms with Crippen LogP contribution in [0.5, 0.6) is 0 Å². The summed E-state index contributed by atoms with van der Waals surface area (Å²) < 4.78 is 5.84. The van der Waals surface area contributed by atoms with Gasteiger partial charge in [0.05, 0.1) is 5.56 Å².